The van der Waals surface area contributed by atoms with Gasteiger partial charge in [-0.05, 0) is 75.8 Å². The number of fused-ring (bicyclic) bond motifs is 6. The van der Waals surface area contributed by atoms with Crippen molar-refractivity contribution in [3.05, 3.63) is 164 Å². The molecule has 0 unspecified atom stereocenters. The van der Waals surface area contributed by atoms with E-state index in [1.807, 2.05) is 0 Å². The number of aromatic nitrogens is 3. The molecule has 0 aliphatic heterocycles. The minimum Gasteiger partial charge on any atom is -0.309 e. The second-order valence-electron chi connectivity index (χ2n) is 12.2. The number of nitrogens with zero attached hydrogens (tertiary/aromatic N) is 3. The fraction of sp³-hybridized carbons (Fsp3) is 0. The minimum absolute atomic E-state index is 0.738. The molecule has 3 heteroatoms. The fourth-order valence-electron chi connectivity index (χ4n) is 7.36. The average Bonchev–Trinajstić information content (AvgIpc) is 3.65. The van der Waals surface area contributed by atoms with Crippen molar-refractivity contribution in [2.75, 3.05) is 0 Å². The van der Waals surface area contributed by atoms with Crippen LogP contribution in [0.15, 0.2) is 164 Å². The predicted molar refractivity (Wildman–Crippen MR) is 195 cm³/mol. The highest BCUT2D eigenvalue weighted by Crippen LogP contribution is 2.46. The molecule has 218 valence electrons. The van der Waals surface area contributed by atoms with Gasteiger partial charge in [0.05, 0.1) is 22.2 Å². The lowest BCUT2D eigenvalue weighted by Crippen LogP contribution is -1.97. The Morgan fingerprint density at radius 3 is 1.64 bits per heavy atom. The van der Waals surface area contributed by atoms with Gasteiger partial charge in [0.25, 0.3) is 0 Å². The largest absolute Gasteiger partial charge is 0.309 e. The summed E-state index contributed by atoms with van der Waals surface area (Å²) in [5, 5.41) is 3.59. The van der Waals surface area contributed by atoms with Crippen LogP contribution in [0.25, 0.3) is 94.4 Å². The Bertz CT molecular complexity index is 2570. The molecule has 7 aromatic carbocycles. The number of hydrogen-bond donors (Lipinski definition) is 0. The molecule has 0 atom stereocenters. The van der Waals surface area contributed by atoms with E-state index in [-0.39, 0.29) is 0 Å². The van der Waals surface area contributed by atoms with Crippen LogP contribution in [-0.2, 0) is 0 Å². The minimum atomic E-state index is 0.738. The van der Waals surface area contributed by atoms with E-state index in [0.29, 0.717) is 0 Å². The first kappa shape index (κ1) is 26.0. The Balaban J connectivity index is 1.18. The van der Waals surface area contributed by atoms with E-state index in [0.717, 1.165) is 33.7 Å². The summed E-state index contributed by atoms with van der Waals surface area (Å²) in [4.78, 5) is 10.3. The number of benzene rings is 7. The zero-order valence-corrected chi connectivity index (χ0v) is 25.4. The third-order valence-corrected chi connectivity index (χ3v) is 9.54. The van der Waals surface area contributed by atoms with Gasteiger partial charge in [-0.25, -0.2) is 9.97 Å². The van der Waals surface area contributed by atoms with Crippen LogP contribution in [0.1, 0.15) is 0 Å². The maximum atomic E-state index is 5.20. The first-order valence-electron chi connectivity index (χ1n) is 16.0. The molecule has 0 N–H and O–H groups in total. The second-order valence-corrected chi connectivity index (χ2v) is 12.2. The van der Waals surface area contributed by atoms with Crippen molar-refractivity contribution >= 4 is 32.7 Å². The third kappa shape index (κ3) is 4.00. The summed E-state index contributed by atoms with van der Waals surface area (Å²) in [5.41, 5.74) is 14.8. The highest BCUT2D eigenvalue weighted by Gasteiger charge is 2.24. The third-order valence-electron chi connectivity index (χ3n) is 9.54. The van der Waals surface area contributed by atoms with Gasteiger partial charge in [-0.3, -0.25) is 0 Å². The van der Waals surface area contributed by atoms with Gasteiger partial charge in [0.1, 0.15) is 0 Å². The van der Waals surface area contributed by atoms with E-state index in [4.69, 9.17) is 9.97 Å². The number of rotatable bonds is 4. The summed E-state index contributed by atoms with van der Waals surface area (Å²) in [6.07, 6.45) is 0. The number of hydrogen-bond acceptors (Lipinski definition) is 2. The molecule has 9 aromatic rings. The van der Waals surface area contributed by atoms with Crippen molar-refractivity contribution in [1.29, 1.82) is 0 Å². The molecule has 0 radical (unpaired) electrons. The molecule has 0 bridgehead atoms. The van der Waals surface area contributed by atoms with E-state index in [1.165, 1.54) is 60.8 Å². The highest BCUT2D eigenvalue weighted by atomic mass is 15.0. The van der Waals surface area contributed by atoms with Crippen LogP contribution >= 0.6 is 0 Å². The van der Waals surface area contributed by atoms with Crippen LogP contribution in [0.3, 0.4) is 0 Å². The van der Waals surface area contributed by atoms with Crippen molar-refractivity contribution in [2.45, 2.75) is 0 Å². The lowest BCUT2D eigenvalue weighted by molar-refractivity contribution is 1.17. The van der Waals surface area contributed by atoms with Gasteiger partial charge in [-0.15, -0.1) is 0 Å². The van der Waals surface area contributed by atoms with Crippen LogP contribution in [0.2, 0.25) is 0 Å². The van der Waals surface area contributed by atoms with Crippen LogP contribution in [0.4, 0.5) is 0 Å². The summed E-state index contributed by atoms with van der Waals surface area (Å²) in [5.74, 6) is 0.738. The van der Waals surface area contributed by atoms with E-state index in [9.17, 15) is 0 Å². The first-order valence-corrected chi connectivity index (χ1v) is 16.0. The second kappa shape index (κ2) is 10.1. The van der Waals surface area contributed by atoms with E-state index in [2.05, 4.69) is 168 Å². The SMILES string of the molecule is c1ccc(-c2ccc3c(c2)c2cc(-c4ccccc4)ccc2n3-c2cccc(-c3nc4c5c(cccc5n3)-c3ccccc3-4)c2)cc1. The first-order chi connectivity index (χ1) is 23.3. The normalized spacial score (nSPS) is 11.8. The summed E-state index contributed by atoms with van der Waals surface area (Å²) < 4.78 is 2.38. The maximum Gasteiger partial charge on any atom is 0.160 e. The van der Waals surface area contributed by atoms with Gasteiger partial charge >= 0.3 is 0 Å². The summed E-state index contributed by atoms with van der Waals surface area (Å²) in [6.45, 7) is 0. The molecule has 0 fully saturated rings. The van der Waals surface area contributed by atoms with Crippen LogP contribution in [0.5, 0.6) is 0 Å². The lowest BCUT2D eigenvalue weighted by atomic mass is 10.0. The Morgan fingerprint density at radius 1 is 0.383 bits per heavy atom. The quantitative estimate of drug-likeness (QED) is 0.202. The molecule has 47 heavy (non-hydrogen) atoms. The predicted octanol–water partition coefficient (Wildman–Crippen LogP) is 11.4. The van der Waals surface area contributed by atoms with Crippen LogP contribution < -0.4 is 0 Å². The van der Waals surface area contributed by atoms with E-state index in [1.54, 1.807) is 0 Å². The fourth-order valence-corrected chi connectivity index (χ4v) is 7.36. The summed E-state index contributed by atoms with van der Waals surface area (Å²) >= 11 is 0. The zero-order chi connectivity index (χ0) is 30.9. The molecule has 2 aromatic heterocycles. The average molecular weight is 598 g/mol. The van der Waals surface area contributed by atoms with Crippen molar-refractivity contribution in [1.82, 2.24) is 14.5 Å². The molecular weight excluding hydrogens is 571 g/mol. The van der Waals surface area contributed by atoms with Crippen molar-refractivity contribution < 1.29 is 0 Å². The van der Waals surface area contributed by atoms with E-state index >= 15 is 0 Å². The molecule has 1 aliphatic rings. The van der Waals surface area contributed by atoms with Crippen LogP contribution in [0, 0.1) is 0 Å². The zero-order valence-electron chi connectivity index (χ0n) is 25.4. The molecule has 0 saturated heterocycles. The van der Waals surface area contributed by atoms with Gasteiger partial charge < -0.3 is 4.57 Å². The van der Waals surface area contributed by atoms with Crippen molar-refractivity contribution in [3.63, 3.8) is 0 Å². The van der Waals surface area contributed by atoms with Crippen molar-refractivity contribution in [2.24, 2.45) is 0 Å². The molecular formula is C44H27N3. The monoisotopic (exact) mass is 597 g/mol. The van der Waals surface area contributed by atoms with E-state index < -0.39 is 0 Å². The van der Waals surface area contributed by atoms with Gasteiger partial charge in [-0.1, -0.05) is 121 Å². The van der Waals surface area contributed by atoms with Gasteiger partial charge in [0, 0.05) is 33.0 Å². The lowest BCUT2D eigenvalue weighted by Gasteiger charge is -2.11. The van der Waals surface area contributed by atoms with Gasteiger partial charge in [0.2, 0.25) is 0 Å². The van der Waals surface area contributed by atoms with Crippen molar-refractivity contribution in [3.8, 4) is 61.7 Å². The smallest absolute Gasteiger partial charge is 0.160 e. The van der Waals surface area contributed by atoms with Crippen LogP contribution in [-0.4, -0.2) is 14.5 Å². The summed E-state index contributed by atoms with van der Waals surface area (Å²) in [6, 6.07) is 58.5. The highest BCUT2D eigenvalue weighted by molar-refractivity contribution is 6.14. The van der Waals surface area contributed by atoms with Gasteiger partial charge in [-0.2, -0.15) is 0 Å². The molecule has 0 amide bonds. The molecule has 0 spiro atoms. The standard InChI is InChI=1S/C44H27N3/c1-3-11-28(12-4-1)30-21-23-40-37(26-30)38-27-31(29-13-5-2-6-14-29)22-24-41(38)47(40)33-16-9-15-32(25-33)44-45-39-20-10-19-35-34-17-7-8-18-36(34)43(46-44)42(35)39/h1-27H. The summed E-state index contributed by atoms with van der Waals surface area (Å²) in [7, 11) is 0. The Hall–Kier alpha value is -6.32. The Labute approximate surface area is 272 Å². The molecule has 1 aliphatic carbocycles. The maximum absolute atomic E-state index is 5.20. The Morgan fingerprint density at radius 2 is 0.957 bits per heavy atom. The molecule has 2 heterocycles. The topological polar surface area (TPSA) is 30.7 Å². The molecule has 0 saturated carbocycles. The van der Waals surface area contributed by atoms with Gasteiger partial charge in [0.15, 0.2) is 5.82 Å². The Kier molecular flexibility index (Phi) is 5.57. The molecule has 10 rings (SSSR count). The molecule has 3 nitrogen and oxygen atoms in total.